The molecule has 1 amide bonds. The molecule has 0 saturated heterocycles. The Morgan fingerprint density at radius 3 is 2.68 bits per heavy atom. The number of aromatic hydroxyl groups is 1. The molecule has 0 bridgehead atoms. The van der Waals surface area contributed by atoms with Crippen LogP contribution in [-0.2, 0) is 9.53 Å². The fourth-order valence-corrected chi connectivity index (χ4v) is 3.47. The third kappa shape index (κ3) is 3.53. The second kappa shape index (κ2) is 7.79. The van der Waals surface area contributed by atoms with Gasteiger partial charge < -0.3 is 14.8 Å². The second-order valence-corrected chi connectivity index (χ2v) is 6.98. The lowest BCUT2D eigenvalue weighted by atomic mass is 10.1. The molecule has 2 aromatic carbocycles. The molecule has 0 saturated carbocycles. The summed E-state index contributed by atoms with van der Waals surface area (Å²) in [6, 6.07) is 18.2. The maximum atomic E-state index is 13.1. The van der Waals surface area contributed by atoms with Gasteiger partial charge in [0.1, 0.15) is 5.75 Å². The van der Waals surface area contributed by atoms with Gasteiger partial charge in [-0.3, -0.25) is 9.78 Å². The molecule has 2 aromatic heterocycles. The van der Waals surface area contributed by atoms with E-state index in [1.54, 1.807) is 54.9 Å². The van der Waals surface area contributed by atoms with Crippen molar-refractivity contribution in [3.8, 4) is 5.75 Å². The number of nitrogens with one attached hydrogen (secondary N) is 1. The molecule has 0 radical (unpaired) electrons. The first-order valence-electron chi connectivity index (χ1n) is 9.71. The van der Waals surface area contributed by atoms with Crippen molar-refractivity contribution >= 4 is 28.8 Å². The summed E-state index contributed by atoms with van der Waals surface area (Å²) in [7, 11) is 0. The Bertz CT molecular complexity index is 1310. The number of phenolic OH excluding ortho intramolecular Hbond substituents is 1. The van der Waals surface area contributed by atoms with Crippen molar-refractivity contribution in [1.82, 2.24) is 15.0 Å². The van der Waals surface area contributed by atoms with Gasteiger partial charge in [0.05, 0.1) is 0 Å². The third-order valence-electron chi connectivity index (χ3n) is 5.03. The molecule has 1 unspecified atom stereocenters. The van der Waals surface area contributed by atoms with Gasteiger partial charge in [0.15, 0.2) is 0 Å². The average molecular weight is 410 g/mol. The molecule has 4 aromatic rings. The maximum Gasteiger partial charge on any atom is 0.270 e. The van der Waals surface area contributed by atoms with Crippen LogP contribution < -0.4 is 0 Å². The maximum absolute atomic E-state index is 13.1. The minimum atomic E-state index is -0.735. The average Bonchev–Trinajstić information content (AvgIpc) is 3.43. The normalized spacial score (nSPS) is 15.9. The van der Waals surface area contributed by atoms with Crippen molar-refractivity contribution in [2.45, 2.75) is 6.23 Å². The number of hydrogen-bond acceptors (Lipinski definition) is 5. The van der Waals surface area contributed by atoms with E-state index in [-0.39, 0.29) is 11.7 Å². The highest BCUT2D eigenvalue weighted by Gasteiger charge is 2.35. The molecule has 152 valence electrons. The summed E-state index contributed by atoms with van der Waals surface area (Å²) in [5, 5.41) is 16.7. The van der Waals surface area contributed by atoms with Crippen LogP contribution in [0.3, 0.4) is 0 Å². The van der Waals surface area contributed by atoms with Crippen LogP contribution >= 0.6 is 0 Å². The van der Waals surface area contributed by atoms with Crippen LogP contribution in [0.15, 0.2) is 90.4 Å². The molecule has 7 heteroatoms. The van der Waals surface area contributed by atoms with Crippen molar-refractivity contribution in [3.63, 3.8) is 0 Å². The number of fused-ring (bicyclic) bond motifs is 1. The molecule has 5 rings (SSSR count). The van der Waals surface area contributed by atoms with Gasteiger partial charge in [-0.15, -0.1) is 5.10 Å². The van der Waals surface area contributed by atoms with Crippen LogP contribution in [0.5, 0.6) is 5.75 Å². The zero-order valence-electron chi connectivity index (χ0n) is 16.3. The van der Waals surface area contributed by atoms with Gasteiger partial charge in [0.2, 0.25) is 12.1 Å². The first-order valence-corrected chi connectivity index (χ1v) is 9.71. The Morgan fingerprint density at radius 1 is 1.06 bits per heavy atom. The fourth-order valence-electron chi connectivity index (χ4n) is 3.47. The number of aromatic nitrogens is 2. The zero-order valence-corrected chi connectivity index (χ0v) is 16.3. The van der Waals surface area contributed by atoms with Gasteiger partial charge in [-0.25, -0.2) is 0 Å². The molecular formula is C24H18N4O3. The molecule has 0 aliphatic carbocycles. The molecule has 31 heavy (non-hydrogen) atoms. The van der Waals surface area contributed by atoms with Crippen LogP contribution in [0.25, 0.3) is 17.0 Å². The van der Waals surface area contributed by atoms with E-state index in [0.717, 1.165) is 22.0 Å². The fraction of sp³-hybridized carbons (Fsp3) is 0.0417. The smallest absolute Gasteiger partial charge is 0.270 e. The Kier molecular flexibility index (Phi) is 4.68. The summed E-state index contributed by atoms with van der Waals surface area (Å²) in [6.07, 6.45) is 7.31. The molecule has 1 aliphatic heterocycles. The number of benzene rings is 2. The second-order valence-electron chi connectivity index (χ2n) is 6.98. The summed E-state index contributed by atoms with van der Waals surface area (Å²) in [5.74, 6) is 0.0583. The Balaban J connectivity index is 1.52. The van der Waals surface area contributed by atoms with E-state index in [2.05, 4.69) is 15.1 Å². The van der Waals surface area contributed by atoms with Crippen molar-refractivity contribution < 1.29 is 14.6 Å². The summed E-state index contributed by atoms with van der Waals surface area (Å²) in [4.78, 5) is 20.3. The summed E-state index contributed by atoms with van der Waals surface area (Å²) < 4.78 is 6.13. The van der Waals surface area contributed by atoms with Crippen molar-refractivity contribution in [2.24, 2.45) is 5.10 Å². The van der Waals surface area contributed by atoms with E-state index in [1.165, 1.54) is 11.1 Å². The number of amides is 1. The van der Waals surface area contributed by atoms with Gasteiger partial charge in [-0.1, -0.05) is 36.4 Å². The number of hydrazone groups is 1. The lowest BCUT2D eigenvalue weighted by Gasteiger charge is -2.18. The van der Waals surface area contributed by atoms with Crippen molar-refractivity contribution in [3.05, 3.63) is 102 Å². The van der Waals surface area contributed by atoms with Gasteiger partial charge in [-0.05, 0) is 30.3 Å². The molecule has 7 nitrogen and oxygen atoms in total. The quantitative estimate of drug-likeness (QED) is 0.493. The predicted molar refractivity (Wildman–Crippen MR) is 117 cm³/mol. The molecule has 0 fully saturated rings. The van der Waals surface area contributed by atoms with Crippen LogP contribution in [0.2, 0.25) is 0 Å². The van der Waals surface area contributed by atoms with Crippen LogP contribution in [0.1, 0.15) is 22.9 Å². The van der Waals surface area contributed by atoms with Gasteiger partial charge in [0, 0.05) is 52.3 Å². The Hall–Kier alpha value is -4.39. The summed E-state index contributed by atoms with van der Waals surface area (Å²) in [6.45, 7) is 0. The lowest BCUT2D eigenvalue weighted by molar-refractivity contribution is -0.132. The first kappa shape index (κ1) is 18.6. The largest absolute Gasteiger partial charge is 0.507 e. The van der Waals surface area contributed by atoms with Gasteiger partial charge in [0.25, 0.3) is 5.91 Å². The number of carbonyl (C=O) groups is 1. The SMILES string of the molecule is O=C(/C=C/c1ccccc1O)N1N=C(c2ccncc2)OC1c1c[nH]c2ccccc12. The minimum absolute atomic E-state index is 0.0957. The van der Waals surface area contributed by atoms with Crippen molar-refractivity contribution in [1.29, 1.82) is 0 Å². The van der Waals surface area contributed by atoms with Crippen molar-refractivity contribution in [2.75, 3.05) is 0 Å². The molecule has 1 atom stereocenters. The first-order chi connectivity index (χ1) is 15.2. The molecular weight excluding hydrogens is 392 g/mol. The number of hydrogen-bond donors (Lipinski definition) is 2. The monoisotopic (exact) mass is 410 g/mol. The van der Waals surface area contributed by atoms with Gasteiger partial charge in [-0.2, -0.15) is 5.01 Å². The summed E-state index contributed by atoms with van der Waals surface area (Å²) in [5.41, 5.74) is 3.00. The number of rotatable bonds is 4. The zero-order chi connectivity index (χ0) is 21.2. The number of nitrogens with zero attached hydrogens (tertiary/aromatic N) is 3. The summed E-state index contributed by atoms with van der Waals surface area (Å²) >= 11 is 0. The highest BCUT2D eigenvalue weighted by molar-refractivity contribution is 5.99. The van der Waals surface area contributed by atoms with E-state index >= 15 is 0 Å². The van der Waals surface area contributed by atoms with E-state index < -0.39 is 6.23 Å². The molecule has 1 aliphatic rings. The van der Waals surface area contributed by atoms with Crippen LogP contribution in [0.4, 0.5) is 0 Å². The Morgan fingerprint density at radius 2 is 1.84 bits per heavy atom. The number of pyridine rings is 1. The number of H-pyrrole nitrogens is 1. The number of para-hydroxylation sites is 2. The van der Waals surface area contributed by atoms with Gasteiger partial charge >= 0.3 is 0 Å². The standard InChI is InChI=1S/C24H18N4O3/c29-21-8-4-1-5-16(21)9-10-22(30)28-24(19-15-26-20-7-3-2-6-18(19)20)31-23(27-28)17-11-13-25-14-12-17/h1-15,24,26,29H/b10-9+. The minimum Gasteiger partial charge on any atom is -0.507 e. The number of ether oxygens (including phenoxy) is 1. The number of aromatic amines is 1. The molecule has 3 heterocycles. The topological polar surface area (TPSA) is 90.8 Å². The van der Waals surface area contributed by atoms with E-state index in [0.29, 0.717) is 11.5 Å². The van der Waals surface area contributed by atoms with Crippen LogP contribution in [0, 0.1) is 0 Å². The highest BCUT2D eigenvalue weighted by atomic mass is 16.5. The van der Waals surface area contributed by atoms with E-state index in [9.17, 15) is 9.90 Å². The molecule has 2 N–H and O–H groups in total. The Labute approximate surface area is 177 Å². The van der Waals surface area contributed by atoms with E-state index in [4.69, 9.17) is 4.74 Å². The van der Waals surface area contributed by atoms with Crippen LogP contribution in [-0.4, -0.2) is 31.9 Å². The number of phenols is 1. The number of carbonyl (C=O) groups excluding carboxylic acids is 1. The third-order valence-corrected chi connectivity index (χ3v) is 5.03. The van der Waals surface area contributed by atoms with E-state index in [1.807, 2.05) is 30.5 Å². The lowest BCUT2D eigenvalue weighted by Crippen LogP contribution is -2.26. The molecule has 0 spiro atoms. The predicted octanol–water partition coefficient (Wildman–Crippen LogP) is 4.20. The highest BCUT2D eigenvalue weighted by Crippen LogP contribution is 2.34.